The minimum atomic E-state index is -0.350. The number of aromatic nitrogens is 2. The molecule has 2 unspecified atom stereocenters. The first-order valence-corrected chi connectivity index (χ1v) is 7.41. The van der Waals surface area contributed by atoms with Crippen LogP contribution in [0.3, 0.4) is 0 Å². The normalized spacial score (nSPS) is 14.7. The molecule has 0 radical (unpaired) electrons. The highest BCUT2D eigenvalue weighted by molar-refractivity contribution is 5.07. The highest BCUT2D eigenvalue weighted by atomic mass is 16.3. The molecule has 1 aromatic heterocycles. The van der Waals surface area contributed by atoms with E-state index in [9.17, 15) is 5.11 Å². The van der Waals surface area contributed by atoms with E-state index in [1.165, 1.54) is 19.3 Å². The van der Waals surface area contributed by atoms with Crippen LogP contribution in [0.25, 0.3) is 0 Å². The fourth-order valence-electron chi connectivity index (χ4n) is 2.34. The van der Waals surface area contributed by atoms with E-state index in [-0.39, 0.29) is 6.10 Å². The van der Waals surface area contributed by atoms with Crippen molar-refractivity contribution in [3.63, 3.8) is 0 Å². The Hall–Kier alpha value is -0.830. The first kappa shape index (κ1) is 15.2. The first-order valence-electron chi connectivity index (χ1n) is 7.41. The van der Waals surface area contributed by atoms with Gasteiger partial charge in [0.1, 0.15) is 0 Å². The Labute approximate surface area is 111 Å². The van der Waals surface area contributed by atoms with Crippen LogP contribution in [0, 0.1) is 5.92 Å². The third-order valence-electron chi connectivity index (χ3n) is 3.59. The summed E-state index contributed by atoms with van der Waals surface area (Å²) in [6.07, 6.45) is 10.3. The third kappa shape index (κ3) is 4.81. The van der Waals surface area contributed by atoms with Crippen molar-refractivity contribution in [3.05, 3.63) is 18.0 Å². The van der Waals surface area contributed by atoms with E-state index < -0.39 is 0 Å². The van der Waals surface area contributed by atoms with Crippen molar-refractivity contribution in [2.24, 2.45) is 5.92 Å². The average molecular weight is 252 g/mol. The van der Waals surface area contributed by atoms with Crippen LogP contribution in [-0.4, -0.2) is 14.9 Å². The van der Waals surface area contributed by atoms with Crippen LogP contribution in [0.4, 0.5) is 0 Å². The van der Waals surface area contributed by atoms with Crippen LogP contribution in [0.1, 0.15) is 71.0 Å². The van der Waals surface area contributed by atoms with Crippen molar-refractivity contribution >= 4 is 0 Å². The predicted molar refractivity (Wildman–Crippen MR) is 75.4 cm³/mol. The molecule has 0 amide bonds. The lowest BCUT2D eigenvalue weighted by molar-refractivity contribution is 0.139. The summed E-state index contributed by atoms with van der Waals surface area (Å²) < 4.78 is 1.92. The molecule has 3 nitrogen and oxygen atoms in total. The maximum atomic E-state index is 10.2. The zero-order valence-corrected chi connectivity index (χ0v) is 12.1. The number of hydrogen-bond donors (Lipinski definition) is 1. The Bertz CT molecular complexity index is 322. The molecule has 0 spiro atoms. The fraction of sp³-hybridized carbons (Fsp3) is 0.800. The minimum Gasteiger partial charge on any atom is -0.388 e. The molecule has 0 fully saturated rings. The molecule has 0 aromatic carbocycles. The van der Waals surface area contributed by atoms with Gasteiger partial charge >= 0.3 is 0 Å². The Morgan fingerprint density at radius 2 is 2.06 bits per heavy atom. The van der Waals surface area contributed by atoms with Gasteiger partial charge in [0.15, 0.2) is 0 Å². The van der Waals surface area contributed by atoms with Crippen molar-refractivity contribution < 1.29 is 5.11 Å². The van der Waals surface area contributed by atoms with Gasteiger partial charge in [0.25, 0.3) is 0 Å². The topological polar surface area (TPSA) is 38.1 Å². The standard InChI is InChI=1S/C15H28N2O/c1-4-7-8-13(6-3)10-15(18)14-11-16-17(12-14)9-5-2/h11-13,15,18H,4-10H2,1-3H3. The summed E-state index contributed by atoms with van der Waals surface area (Å²) in [5.74, 6) is 0.634. The molecule has 0 aliphatic rings. The van der Waals surface area contributed by atoms with Crippen molar-refractivity contribution in [1.82, 2.24) is 9.78 Å². The lowest BCUT2D eigenvalue weighted by Crippen LogP contribution is -2.06. The predicted octanol–water partition coefficient (Wildman–Crippen LogP) is 3.93. The maximum absolute atomic E-state index is 10.2. The van der Waals surface area contributed by atoms with E-state index in [1.807, 2.05) is 17.1 Å². The summed E-state index contributed by atoms with van der Waals surface area (Å²) in [4.78, 5) is 0. The molecule has 2 atom stereocenters. The van der Waals surface area contributed by atoms with Gasteiger partial charge in [-0.2, -0.15) is 5.10 Å². The molecule has 0 saturated carbocycles. The van der Waals surface area contributed by atoms with Gasteiger partial charge in [-0.3, -0.25) is 4.68 Å². The van der Waals surface area contributed by atoms with Crippen LogP contribution in [0.5, 0.6) is 0 Å². The van der Waals surface area contributed by atoms with E-state index in [0.717, 1.165) is 31.4 Å². The Kier molecular flexibility index (Phi) is 7.02. The fourth-order valence-corrected chi connectivity index (χ4v) is 2.34. The second-order valence-corrected chi connectivity index (χ2v) is 5.20. The molecule has 0 bridgehead atoms. The lowest BCUT2D eigenvalue weighted by Gasteiger charge is -2.17. The number of hydrogen-bond acceptors (Lipinski definition) is 2. The second-order valence-electron chi connectivity index (χ2n) is 5.20. The second kappa shape index (κ2) is 8.30. The van der Waals surface area contributed by atoms with Crippen molar-refractivity contribution in [3.8, 4) is 0 Å². The number of nitrogens with zero attached hydrogens (tertiary/aromatic N) is 2. The molecule has 104 valence electrons. The van der Waals surface area contributed by atoms with Gasteiger partial charge in [0.2, 0.25) is 0 Å². The summed E-state index contributed by atoms with van der Waals surface area (Å²) in [6.45, 7) is 7.50. The van der Waals surface area contributed by atoms with Gasteiger partial charge in [-0.05, 0) is 18.8 Å². The van der Waals surface area contributed by atoms with Crippen LogP contribution < -0.4 is 0 Å². The minimum absolute atomic E-state index is 0.350. The molecular formula is C15H28N2O. The van der Waals surface area contributed by atoms with Gasteiger partial charge in [-0.25, -0.2) is 0 Å². The number of aliphatic hydroxyl groups excluding tert-OH is 1. The van der Waals surface area contributed by atoms with E-state index in [4.69, 9.17) is 0 Å². The number of unbranched alkanes of at least 4 members (excludes halogenated alkanes) is 1. The van der Waals surface area contributed by atoms with Crippen LogP contribution in [0.2, 0.25) is 0 Å². The van der Waals surface area contributed by atoms with Crippen molar-refractivity contribution in [2.45, 2.75) is 71.9 Å². The van der Waals surface area contributed by atoms with Gasteiger partial charge < -0.3 is 5.11 Å². The Balaban J connectivity index is 2.48. The summed E-state index contributed by atoms with van der Waals surface area (Å²) in [5.41, 5.74) is 0.971. The molecule has 3 heteroatoms. The van der Waals surface area contributed by atoms with Crippen molar-refractivity contribution in [2.75, 3.05) is 0 Å². The Morgan fingerprint density at radius 3 is 2.67 bits per heavy atom. The quantitative estimate of drug-likeness (QED) is 0.723. The van der Waals surface area contributed by atoms with E-state index in [2.05, 4.69) is 25.9 Å². The Morgan fingerprint density at radius 1 is 1.28 bits per heavy atom. The molecule has 1 heterocycles. The number of rotatable bonds is 9. The first-order chi connectivity index (χ1) is 8.71. The smallest absolute Gasteiger partial charge is 0.0823 e. The summed E-state index contributed by atoms with van der Waals surface area (Å²) in [6, 6.07) is 0. The van der Waals surface area contributed by atoms with Gasteiger partial charge in [0, 0.05) is 18.3 Å². The number of aliphatic hydroxyl groups is 1. The summed E-state index contributed by atoms with van der Waals surface area (Å²) in [5, 5.41) is 14.5. The number of aryl methyl sites for hydroxylation is 1. The van der Waals surface area contributed by atoms with E-state index in [1.54, 1.807) is 0 Å². The molecule has 18 heavy (non-hydrogen) atoms. The molecule has 1 aromatic rings. The van der Waals surface area contributed by atoms with Gasteiger partial charge in [-0.1, -0.05) is 46.5 Å². The van der Waals surface area contributed by atoms with Gasteiger partial charge in [-0.15, -0.1) is 0 Å². The largest absolute Gasteiger partial charge is 0.388 e. The molecule has 0 saturated heterocycles. The zero-order valence-electron chi connectivity index (χ0n) is 12.1. The lowest BCUT2D eigenvalue weighted by atomic mass is 9.91. The summed E-state index contributed by atoms with van der Waals surface area (Å²) >= 11 is 0. The molecule has 1 rings (SSSR count). The van der Waals surface area contributed by atoms with Gasteiger partial charge in [0.05, 0.1) is 12.3 Å². The summed E-state index contributed by atoms with van der Waals surface area (Å²) in [7, 11) is 0. The van der Waals surface area contributed by atoms with Crippen LogP contribution in [-0.2, 0) is 6.54 Å². The zero-order chi connectivity index (χ0) is 13.4. The van der Waals surface area contributed by atoms with Crippen LogP contribution in [0.15, 0.2) is 12.4 Å². The van der Waals surface area contributed by atoms with E-state index >= 15 is 0 Å². The third-order valence-corrected chi connectivity index (χ3v) is 3.59. The van der Waals surface area contributed by atoms with Crippen LogP contribution >= 0.6 is 0 Å². The van der Waals surface area contributed by atoms with Crippen molar-refractivity contribution in [1.29, 1.82) is 0 Å². The SMILES string of the molecule is CCCCC(CC)CC(O)c1cnn(CCC)c1. The highest BCUT2D eigenvalue weighted by Gasteiger charge is 2.15. The average Bonchev–Trinajstić information content (AvgIpc) is 2.83. The molecule has 0 aliphatic heterocycles. The molecule has 0 aliphatic carbocycles. The monoisotopic (exact) mass is 252 g/mol. The molecular weight excluding hydrogens is 224 g/mol. The maximum Gasteiger partial charge on any atom is 0.0823 e. The van der Waals surface area contributed by atoms with E-state index in [0.29, 0.717) is 5.92 Å². The highest BCUT2D eigenvalue weighted by Crippen LogP contribution is 2.26. The molecule has 1 N–H and O–H groups in total.